The van der Waals surface area contributed by atoms with Crippen molar-refractivity contribution in [2.24, 2.45) is 0 Å². The number of rotatable bonds is 7. The van der Waals surface area contributed by atoms with Gasteiger partial charge in [0.05, 0.1) is 38.8 Å². The molecule has 13 aromatic carbocycles. The third-order valence-corrected chi connectivity index (χ3v) is 22.3. The minimum absolute atomic E-state index is 0.0686. The number of para-hydroxylation sites is 3. The molecule has 0 atom stereocenters. The molecule has 5 heteroatoms. The summed E-state index contributed by atoms with van der Waals surface area (Å²) in [6.07, 6.45) is 0. The molecule has 96 heavy (non-hydrogen) atoms. The van der Waals surface area contributed by atoms with Gasteiger partial charge in [0.1, 0.15) is 5.82 Å². The molecular formula is C91H65N5. The summed E-state index contributed by atoms with van der Waals surface area (Å²) < 4.78 is 7.15. The zero-order valence-electron chi connectivity index (χ0n) is 54.4. The van der Waals surface area contributed by atoms with Gasteiger partial charge in [0, 0.05) is 65.9 Å². The van der Waals surface area contributed by atoms with E-state index < -0.39 is 0 Å². The van der Waals surface area contributed by atoms with Gasteiger partial charge in [0.25, 0.3) is 0 Å². The summed E-state index contributed by atoms with van der Waals surface area (Å²) in [4.78, 5) is 11.7. The second-order valence-corrected chi connectivity index (χ2v) is 28.5. The van der Waals surface area contributed by atoms with Gasteiger partial charge in [0.15, 0.2) is 0 Å². The fourth-order valence-electron chi connectivity index (χ4n) is 17.5. The molecule has 0 unspecified atom stereocenters. The lowest BCUT2D eigenvalue weighted by atomic mass is 9.82. The second kappa shape index (κ2) is 19.7. The molecule has 0 N–H and O–H groups in total. The van der Waals surface area contributed by atoms with Crippen LogP contribution < -0.4 is 0 Å². The van der Waals surface area contributed by atoms with Crippen molar-refractivity contribution < 1.29 is 0 Å². The van der Waals surface area contributed by atoms with Gasteiger partial charge in [-0.2, -0.15) is 4.98 Å². The molecule has 3 aliphatic rings. The lowest BCUT2D eigenvalue weighted by Gasteiger charge is -2.21. The average Bonchev–Trinajstić information content (AvgIpc) is 1.58. The van der Waals surface area contributed by atoms with Crippen LogP contribution >= 0.6 is 0 Å². The second-order valence-electron chi connectivity index (χ2n) is 28.5. The van der Waals surface area contributed by atoms with Crippen LogP contribution in [-0.4, -0.2) is 23.7 Å². The lowest BCUT2D eigenvalue weighted by Crippen LogP contribution is -2.14. The Morgan fingerprint density at radius 2 is 0.573 bits per heavy atom. The first-order valence-electron chi connectivity index (χ1n) is 33.7. The predicted octanol–water partition coefficient (Wildman–Crippen LogP) is 23.4. The van der Waals surface area contributed by atoms with Crippen LogP contribution in [0.5, 0.6) is 0 Å². The molecule has 0 amide bonds. The maximum Gasteiger partial charge on any atom is 0.237 e. The smallest absolute Gasteiger partial charge is 0.237 e. The molecule has 454 valence electrons. The number of aromatic nitrogens is 5. The zero-order chi connectivity index (χ0) is 64.1. The Labute approximate surface area is 557 Å². The molecule has 3 aliphatic carbocycles. The Kier molecular flexibility index (Phi) is 11.3. The highest BCUT2D eigenvalue weighted by Gasteiger charge is 2.38. The molecule has 0 radical (unpaired) electrons. The minimum atomic E-state index is -0.0911. The first-order valence-corrected chi connectivity index (χ1v) is 33.7. The zero-order valence-corrected chi connectivity index (χ0v) is 54.4. The molecule has 0 fully saturated rings. The van der Waals surface area contributed by atoms with Gasteiger partial charge < -0.3 is 4.57 Å². The normalized spacial score (nSPS) is 14.4. The number of fused-ring (bicyclic) bond motifs is 18. The Morgan fingerprint density at radius 1 is 0.229 bits per heavy atom. The fourth-order valence-corrected chi connectivity index (χ4v) is 17.5. The van der Waals surface area contributed by atoms with Crippen molar-refractivity contribution in [2.45, 2.75) is 57.8 Å². The van der Waals surface area contributed by atoms with Crippen molar-refractivity contribution in [3.63, 3.8) is 0 Å². The quantitative estimate of drug-likeness (QED) is 0.160. The Hall–Kier alpha value is -11.7. The van der Waals surface area contributed by atoms with Gasteiger partial charge >= 0.3 is 0 Å². The van der Waals surface area contributed by atoms with E-state index in [9.17, 15) is 0 Å². The highest BCUT2D eigenvalue weighted by atomic mass is 15.2. The van der Waals surface area contributed by atoms with Gasteiger partial charge in [-0.15, -0.1) is 0 Å². The lowest BCUT2D eigenvalue weighted by molar-refractivity contribution is 0.660. The van der Waals surface area contributed by atoms with Gasteiger partial charge in [0.2, 0.25) is 5.95 Å². The Bertz CT molecular complexity index is 6010. The molecule has 4 heterocycles. The molecule has 5 nitrogen and oxygen atoms in total. The van der Waals surface area contributed by atoms with E-state index >= 15 is 0 Å². The van der Waals surface area contributed by atoms with Gasteiger partial charge in [-0.3, -0.25) is 9.13 Å². The van der Waals surface area contributed by atoms with Gasteiger partial charge in [-0.05, 0) is 167 Å². The molecular weight excluding hydrogens is 1160 g/mol. The SMILES string of the molecule is CC1(C)c2ccccc2-c2cc(-c3ccc4c5ccccc5n(-c5cccc(-c6cc(-n7c8ccccc8c8ccc(-c9ccc%10c(c9)-c9ccccc9C%10(C)C)cc87)nc(-n7c8ccccc8c8ccc(-c9ccc%10c(c9)-c9ccccc9C%10(C)C)cc87)n6)c5)c4c3)ccc21. The summed E-state index contributed by atoms with van der Waals surface area (Å²) in [5.74, 6) is 1.36. The monoisotopic (exact) mass is 1230 g/mol. The molecule has 17 aromatic rings. The molecule has 0 bridgehead atoms. The summed E-state index contributed by atoms with van der Waals surface area (Å²) in [5.41, 5.74) is 32.2. The van der Waals surface area contributed by atoms with Crippen LogP contribution in [0, 0.1) is 0 Å². The summed E-state index contributed by atoms with van der Waals surface area (Å²) in [5, 5.41) is 7.01. The van der Waals surface area contributed by atoms with Crippen molar-refractivity contribution in [2.75, 3.05) is 0 Å². The molecule has 0 saturated heterocycles. The third kappa shape index (κ3) is 7.68. The summed E-state index contributed by atoms with van der Waals surface area (Å²) in [6, 6.07) is 107. The van der Waals surface area contributed by atoms with Crippen molar-refractivity contribution in [1.29, 1.82) is 0 Å². The third-order valence-electron chi connectivity index (χ3n) is 22.3. The van der Waals surface area contributed by atoms with Crippen molar-refractivity contribution in [1.82, 2.24) is 23.7 Å². The largest absolute Gasteiger partial charge is 0.309 e. The van der Waals surface area contributed by atoms with E-state index in [2.05, 4.69) is 340 Å². The van der Waals surface area contributed by atoms with Crippen molar-refractivity contribution in [3.8, 4) is 95.5 Å². The summed E-state index contributed by atoms with van der Waals surface area (Å²) in [7, 11) is 0. The van der Waals surface area contributed by atoms with E-state index in [4.69, 9.17) is 9.97 Å². The van der Waals surface area contributed by atoms with Crippen LogP contribution in [0.4, 0.5) is 0 Å². The fraction of sp³-hybridized carbons (Fsp3) is 0.0989. The van der Waals surface area contributed by atoms with Crippen LogP contribution in [-0.2, 0) is 16.2 Å². The van der Waals surface area contributed by atoms with E-state index in [1.165, 1.54) is 99.8 Å². The summed E-state index contributed by atoms with van der Waals surface area (Å²) in [6.45, 7) is 14.1. The van der Waals surface area contributed by atoms with E-state index in [1.54, 1.807) is 0 Å². The van der Waals surface area contributed by atoms with Crippen LogP contribution in [0.15, 0.2) is 285 Å². The average molecular weight is 1230 g/mol. The van der Waals surface area contributed by atoms with Gasteiger partial charge in [-0.1, -0.05) is 254 Å². The van der Waals surface area contributed by atoms with Crippen LogP contribution in [0.25, 0.3) is 161 Å². The maximum absolute atomic E-state index is 5.87. The number of benzene rings is 13. The summed E-state index contributed by atoms with van der Waals surface area (Å²) >= 11 is 0. The molecule has 0 aliphatic heterocycles. The highest BCUT2D eigenvalue weighted by molar-refractivity contribution is 6.13. The van der Waals surface area contributed by atoms with Crippen molar-refractivity contribution in [3.05, 3.63) is 318 Å². The Balaban J connectivity index is 0.801. The number of nitrogens with zero attached hydrogens (tertiary/aromatic N) is 5. The molecule has 4 aromatic heterocycles. The van der Waals surface area contributed by atoms with E-state index in [1.807, 2.05) is 0 Å². The van der Waals surface area contributed by atoms with Crippen LogP contribution in [0.1, 0.15) is 74.9 Å². The molecule has 0 spiro atoms. The molecule has 0 saturated carbocycles. The van der Waals surface area contributed by atoms with E-state index in [0.717, 1.165) is 88.5 Å². The standard InChI is InChI=1S/C91H65N5/c1-89(2)74-28-13-7-22-62(74)71-47-54(37-43-77(71)89)57-34-40-68-65-25-10-16-31-81(65)94(84(68)50-57)61-21-19-20-60(46-61)80-53-87(95-82-32-17-11-26-66(82)69-41-35-58(51-85(69)95)55-38-44-78-72(48-55)63-23-8-14-29-75(63)90(78,3)4)93-88(92-80)96-83-33-18-12-27-67(83)70-42-36-59(52-86(70)96)56-39-45-79-73(49-56)64-24-9-15-30-76(64)91(79,5)6/h7-53H,1-6H3. The first-order chi connectivity index (χ1) is 46.8. The van der Waals surface area contributed by atoms with E-state index in [-0.39, 0.29) is 16.2 Å². The Morgan fingerprint density at radius 3 is 1.03 bits per heavy atom. The number of hydrogen-bond donors (Lipinski definition) is 0. The van der Waals surface area contributed by atoms with Crippen molar-refractivity contribution >= 4 is 65.4 Å². The topological polar surface area (TPSA) is 40.6 Å². The minimum Gasteiger partial charge on any atom is -0.309 e. The first kappa shape index (κ1) is 54.9. The van der Waals surface area contributed by atoms with E-state index in [0.29, 0.717) is 5.95 Å². The van der Waals surface area contributed by atoms with Crippen LogP contribution in [0.3, 0.4) is 0 Å². The number of hydrogen-bond acceptors (Lipinski definition) is 2. The van der Waals surface area contributed by atoms with Crippen LogP contribution in [0.2, 0.25) is 0 Å². The molecule has 20 rings (SSSR count). The van der Waals surface area contributed by atoms with Gasteiger partial charge in [-0.25, -0.2) is 4.98 Å². The maximum atomic E-state index is 5.87. The predicted molar refractivity (Wildman–Crippen MR) is 399 cm³/mol. The highest BCUT2D eigenvalue weighted by Crippen LogP contribution is 2.53.